The summed E-state index contributed by atoms with van der Waals surface area (Å²) in [5, 5.41) is 9.54. The fourth-order valence-electron chi connectivity index (χ4n) is 4.43. The quantitative estimate of drug-likeness (QED) is 0.421. The Kier molecular flexibility index (Phi) is 6.40. The molecule has 0 bridgehead atoms. The molecule has 36 heavy (non-hydrogen) atoms. The largest absolute Gasteiger partial charge is 0.489 e. The summed E-state index contributed by atoms with van der Waals surface area (Å²) >= 11 is 0. The molecule has 1 saturated heterocycles. The van der Waals surface area contributed by atoms with Gasteiger partial charge in [0.2, 0.25) is 0 Å². The second kappa shape index (κ2) is 9.80. The Bertz CT molecular complexity index is 1440. The first-order valence-electron chi connectivity index (χ1n) is 11.9. The normalized spacial score (nSPS) is 15.0. The fourth-order valence-corrected chi connectivity index (χ4v) is 4.43. The molecule has 8 nitrogen and oxygen atoms in total. The van der Waals surface area contributed by atoms with E-state index in [0.29, 0.717) is 48.6 Å². The van der Waals surface area contributed by atoms with E-state index in [2.05, 4.69) is 25.9 Å². The summed E-state index contributed by atoms with van der Waals surface area (Å²) in [6, 6.07) is 13.8. The van der Waals surface area contributed by atoms with Crippen molar-refractivity contribution in [3.05, 3.63) is 59.9 Å². The number of aromatic amines is 1. The minimum atomic E-state index is -0.987. The number of aromatic nitrogens is 4. The smallest absolute Gasteiger partial charge is 0.251 e. The van der Waals surface area contributed by atoms with Crippen molar-refractivity contribution in [2.75, 3.05) is 13.1 Å². The van der Waals surface area contributed by atoms with Gasteiger partial charge in [-0.3, -0.25) is 4.79 Å². The molecule has 5 rings (SSSR count). The molecule has 1 aliphatic heterocycles. The number of fused-ring (bicyclic) bond motifs is 1. The van der Waals surface area contributed by atoms with Gasteiger partial charge in [0.25, 0.3) is 5.91 Å². The number of rotatable bonds is 5. The Morgan fingerprint density at radius 3 is 2.58 bits per heavy atom. The van der Waals surface area contributed by atoms with Crippen molar-refractivity contribution in [1.82, 2.24) is 24.8 Å². The average molecular weight is 482 g/mol. The van der Waals surface area contributed by atoms with E-state index in [9.17, 15) is 9.90 Å². The van der Waals surface area contributed by atoms with Gasteiger partial charge in [0.15, 0.2) is 5.65 Å². The van der Waals surface area contributed by atoms with Crippen LogP contribution in [0.1, 0.15) is 30.9 Å². The van der Waals surface area contributed by atoms with E-state index < -0.39 is 6.10 Å². The Balaban J connectivity index is 1.38. The van der Waals surface area contributed by atoms with Crippen LogP contribution in [-0.4, -0.2) is 61.1 Å². The predicted octanol–water partition coefficient (Wildman–Crippen LogP) is 3.73. The number of terminal acetylenes is 1. The number of nitrogens with one attached hydrogen (secondary N) is 1. The Hall–Kier alpha value is -4.22. The summed E-state index contributed by atoms with van der Waals surface area (Å²) in [5.74, 6) is 3.83. The molecule has 0 saturated carbocycles. The molecule has 8 heteroatoms. The molecule has 1 atom stereocenters. The van der Waals surface area contributed by atoms with Crippen LogP contribution < -0.4 is 4.74 Å². The number of hydrogen-bond donors (Lipinski definition) is 2. The molecule has 0 radical (unpaired) electrons. The molecule has 3 heterocycles. The van der Waals surface area contributed by atoms with Gasteiger partial charge in [-0.05, 0) is 32.0 Å². The summed E-state index contributed by atoms with van der Waals surface area (Å²) in [7, 11) is 0. The fraction of sp³-hybridized carbons (Fsp3) is 0.286. The van der Waals surface area contributed by atoms with Crippen molar-refractivity contribution in [1.29, 1.82) is 0 Å². The molecule has 2 N–H and O–H groups in total. The van der Waals surface area contributed by atoms with E-state index in [1.54, 1.807) is 4.90 Å². The SMILES string of the molecule is C#Cc1cc(-c2ncnc3nc(-c4ccc(C)cc4)[nH]c23)ccc1OC1CCN(C(=O)[C@H](C)O)CC1. The van der Waals surface area contributed by atoms with E-state index in [1.165, 1.54) is 18.8 Å². The predicted molar refractivity (Wildman–Crippen MR) is 137 cm³/mol. The van der Waals surface area contributed by atoms with Gasteiger partial charge in [-0.15, -0.1) is 6.42 Å². The van der Waals surface area contributed by atoms with E-state index in [1.807, 2.05) is 49.4 Å². The molecule has 2 aromatic carbocycles. The van der Waals surface area contributed by atoms with Crippen LogP contribution in [0.25, 0.3) is 33.8 Å². The number of aliphatic hydroxyl groups excluding tert-OH is 1. The summed E-state index contributed by atoms with van der Waals surface area (Å²) in [6.45, 7) is 4.62. The Morgan fingerprint density at radius 2 is 1.89 bits per heavy atom. The van der Waals surface area contributed by atoms with Gasteiger partial charge < -0.3 is 19.7 Å². The molecule has 0 aliphatic carbocycles. The zero-order valence-electron chi connectivity index (χ0n) is 20.2. The number of hydrogen-bond acceptors (Lipinski definition) is 6. The zero-order chi connectivity index (χ0) is 25.2. The zero-order valence-corrected chi connectivity index (χ0v) is 20.2. The van der Waals surface area contributed by atoms with Crippen molar-refractivity contribution in [3.63, 3.8) is 0 Å². The van der Waals surface area contributed by atoms with Crippen LogP contribution in [0.3, 0.4) is 0 Å². The number of amides is 1. The first-order chi connectivity index (χ1) is 17.4. The van der Waals surface area contributed by atoms with E-state index >= 15 is 0 Å². The second-order valence-electron chi connectivity index (χ2n) is 9.05. The van der Waals surface area contributed by atoms with Crippen LogP contribution >= 0.6 is 0 Å². The molecule has 2 aromatic heterocycles. The minimum Gasteiger partial charge on any atom is -0.489 e. The van der Waals surface area contributed by atoms with E-state index in [-0.39, 0.29) is 12.0 Å². The van der Waals surface area contributed by atoms with Crippen LogP contribution in [-0.2, 0) is 4.79 Å². The monoisotopic (exact) mass is 481 g/mol. The number of carbonyl (C=O) groups excluding carboxylic acids is 1. The average Bonchev–Trinajstić information content (AvgIpc) is 3.34. The van der Waals surface area contributed by atoms with Crippen LogP contribution in [0, 0.1) is 19.3 Å². The highest BCUT2D eigenvalue weighted by Gasteiger charge is 2.26. The molecular weight excluding hydrogens is 454 g/mol. The lowest BCUT2D eigenvalue weighted by atomic mass is 10.0. The molecule has 0 spiro atoms. The van der Waals surface area contributed by atoms with Crippen LogP contribution in [0.2, 0.25) is 0 Å². The van der Waals surface area contributed by atoms with Crippen molar-refractivity contribution in [3.8, 4) is 40.7 Å². The highest BCUT2D eigenvalue weighted by molar-refractivity contribution is 5.89. The summed E-state index contributed by atoms with van der Waals surface area (Å²) in [5.41, 5.74) is 5.63. The minimum absolute atomic E-state index is 0.0589. The van der Waals surface area contributed by atoms with E-state index in [4.69, 9.17) is 11.2 Å². The summed E-state index contributed by atoms with van der Waals surface area (Å²) in [6.07, 6.45) is 7.64. The number of nitrogens with zero attached hydrogens (tertiary/aromatic N) is 4. The third-order valence-electron chi connectivity index (χ3n) is 6.43. The van der Waals surface area contributed by atoms with Crippen LogP contribution in [0.5, 0.6) is 5.75 Å². The van der Waals surface area contributed by atoms with Gasteiger partial charge in [-0.2, -0.15) is 0 Å². The summed E-state index contributed by atoms with van der Waals surface area (Å²) in [4.78, 5) is 30.6. The Morgan fingerprint density at radius 1 is 1.17 bits per heavy atom. The van der Waals surface area contributed by atoms with Crippen molar-refractivity contribution < 1.29 is 14.6 Å². The van der Waals surface area contributed by atoms with Crippen molar-refractivity contribution >= 4 is 17.1 Å². The standard InChI is InChI=1S/C28H27N5O3/c1-4-19-15-21(9-10-23(19)36-22-11-13-33(14-12-22)28(35)18(3)34)24-25-27(30-16-29-24)32-26(31-25)20-7-5-17(2)6-8-20/h1,5-10,15-16,18,22,34H,11-14H2,2-3H3,(H,29,30,31,32)/t18-/m0/s1. The number of H-pyrrole nitrogens is 1. The maximum Gasteiger partial charge on any atom is 0.251 e. The number of aliphatic hydroxyl groups is 1. The third kappa shape index (κ3) is 4.66. The number of carbonyl (C=O) groups is 1. The number of ether oxygens (including phenoxy) is 1. The molecular formula is C28H27N5O3. The maximum absolute atomic E-state index is 12.0. The van der Waals surface area contributed by atoms with Gasteiger partial charge in [0, 0.05) is 37.1 Å². The molecule has 1 fully saturated rings. The lowest BCUT2D eigenvalue weighted by Crippen LogP contribution is -2.45. The molecule has 1 aliphatic rings. The van der Waals surface area contributed by atoms with E-state index in [0.717, 1.165) is 22.5 Å². The maximum atomic E-state index is 12.0. The number of piperidine rings is 1. The highest BCUT2D eigenvalue weighted by atomic mass is 16.5. The number of benzene rings is 2. The number of aryl methyl sites for hydroxylation is 1. The number of imidazole rings is 1. The molecule has 0 unspecified atom stereocenters. The lowest BCUT2D eigenvalue weighted by molar-refractivity contribution is -0.141. The van der Waals surface area contributed by atoms with Crippen molar-refractivity contribution in [2.45, 2.75) is 38.9 Å². The third-order valence-corrected chi connectivity index (χ3v) is 6.43. The molecule has 1 amide bonds. The van der Waals surface area contributed by atoms with Crippen LogP contribution in [0.15, 0.2) is 48.8 Å². The molecule has 182 valence electrons. The Labute approximate surface area is 209 Å². The van der Waals surface area contributed by atoms with Gasteiger partial charge in [0.1, 0.15) is 35.6 Å². The summed E-state index contributed by atoms with van der Waals surface area (Å²) < 4.78 is 6.22. The first-order valence-corrected chi connectivity index (χ1v) is 11.9. The second-order valence-corrected chi connectivity index (χ2v) is 9.05. The molecule has 4 aromatic rings. The van der Waals surface area contributed by atoms with Crippen LogP contribution in [0.4, 0.5) is 0 Å². The topological polar surface area (TPSA) is 104 Å². The highest BCUT2D eigenvalue weighted by Crippen LogP contribution is 2.31. The van der Waals surface area contributed by atoms with Gasteiger partial charge in [-0.1, -0.05) is 35.7 Å². The first kappa shape index (κ1) is 23.5. The van der Waals surface area contributed by atoms with Gasteiger partial charge >= 0.3 is 0 Å². The number of likely N-dealkylation sites (tertiary alicyclic amines) is 1. The van der Waals surface area contributed by atoms with Gasteiger partial charge in [-0.25, -0.2) is 15.0 Å². The lowest BCUT2D eigenvalue weighted by Gasteiger charge is -2.33. The van der Waals surface area contributed by atoms with Crippen molar-refractivity contribution in [2.24, 2.45) is 0 Å². The van der Waals surface area contributed by atoms with Gasteiger partial charge in [0.05, 0.1) is 11.3 Å².